The molecule has 1 heterocycles. The zero-order valence-corrected chi connectivity index (χ0v) is 11.1. The molecule has 1 aromatic rings. The summed E-state index contributed by atoms with van der Waals surface area (Å²) in [6.45, 7) is 0. The van der Waals surface area contributed by atoms with Gasteiger partial charge in [0.15, 0.2) is 5.78 Å². The van der Waals surface area contributed by atoms with Crippen molar-refractivity contribution in [3.63, 3.8) is 0 Å². The van der Waals surface area contributed by atoms with Crippen molar-refractivity contribution in [1.82, 2.24) is 4.98 Å². The van der Waals surface area contributed by atoms with E-state index in [1.165, 1.54) is 0 Å². The standard InChI is InChI=1S/C11H9BrF3NO3/c12-6-4-5-8(11(13,14)15)16-10(6)7(17)2-1-3-9(18)19/h4-5H,1-3H2,(H,18,19). The minimum atomic E-state index is -4.63. The van der Waals surface area contributed by atoms with Crippen molar-refractivity contribution in [3.8, 4) is 0 Å². The molecule has 0 aliphatic heterocycles. The molecule has 104 valence electrons. The normalized spacial score (nSPS) is 11.4. The first-order chi connectivity index (χ1) is 8.71. The third-order valence-corrected chi connectivity index (χ3v) is 2.83. The van der Waals surface area contributed by atoms with Gasteiger partial charge < -0.3 is 5.11 Å². The summed E-state index contributed by atoms with van der Waals surface area (Å²) in [5, 5.41) is 8.42. The van der Waals surface area contributed by atoms with E-state index in [1.54, 1.807) is 0 Å². The maximum Gasteiger partial charge on any atom is 0.433 e. The number of carboxylic acids is 1. The molecular formula is C11H9BrF3NO3. The van der Waals surface area contributed by atoms with Crippen LogP contribution < -0.4 is 0 Å². The van der Waals surface area contributed by atoms with E-state index in [0.717, 1.165) is 12.1 Å². The molecule has 4 nitrogen and oxygen atoms in total. The highest BCUT2D eigenvalue weighted by Crippen LogP contribution is 2.29. The molecule has 0 spiro atoms. The number of hydrogen-bond acceptors (Lipinski definition) is 3. The number of aliphatic carboxylic acids is 1. The van der Waals surface area contributed by atoms with Crippen LogP contribution in [-0.4, -0.2) is 21.8 Å². The van der Waals surface area contributed by atoms with Gasteiger partial charge in [0, 0.05) is 17.3 Å². The summed E-state index contributed by atoms with van der Waals surface area (Å²) >= 11 is 2.95. The fraction of sp³-hybridized carbons (Fsp3) is 0.364. The summed E-state index contributed by atoms with van der Waals surface area (Å²) in [7, 11) is 0. The number of ketones is 1. The van der Waals surface area contributed by atoms with E-state index >= 15 is 0 Å². The Morgan fingerprint density at radius 1 is 1.26 bits per heavy atom. The number of hydrogen-bond donors (Lipinski definition) is 1. The molecule has 8 heteroatoms. The molecule has 0 fully saturated rings. The van der Waals surface area contributed by atoms with Crippen molar-refractivity contribution in [2.24, 2.45) is 0 Å². The Bertz CT molecular complexity index is 502. The van der Waals surface area contributed by atoms with Crippen molar-refractivity contribution in [3.05, 3.63) is 28.0 Å². The number of Topliss-reactive ketones (excluding diaryl/α,β-unsaturated/α-hetero) is 1. The van der Waals surface area contributed by atoms with Crippen molar-refractivity contribution >= 4 is 27.7 Å². The molecule has 0 aliphatic carbocycles. The largest absolute Gasteiger partial charge is 0.481 e. The molecule has 0 saturated carbocycles. The lowest BCUT2D eigenvalue weighted by Crippen LogP contribution is -2.12. The second-order valence-corrected chi connectivity index (χ2v) is 4.55. The Kier molecular flexibility index (Phi) is 5.04. The fourth-order valence-corrected chi connectivity index (χ4v) is 1.76. The molecule has 0 aliphatic rings. The Balaban J connectivity index is 2.87. The van der Waals surface area contributed by atoms with E-state index in [1.807, 2.05) is 0 Å². The van der Waals surface area contributed by atoms with Gasteiger partial charge in [-0.15, -0.1) is 0 Å². The molecule has 0 atom stereocenters. The van der Waals surface area contributed by atoms with Gasteiger partial charge in [0.05, 0.1) is 0 Å². The third kappa shape index (κ3) is 4.62. The van der Waals surface area contributed by atoms with Gasteiger partial charge in [0.25, 0.3) is 0 Å². The van der Waals surface area contributed by atoms with E-state index in [0.29, 0.717) is 0 Å². The summed E-state index contributed by atoms with van der Waals surface area (Å²) in [6.07, 6.45) is -4.96. The lowest BCUT2D eigenvalue weighted by Gasteiger charge is -2.08. The summed E-state index contributed by atoms with van der Waals surface area (Å²) in [5.74, 6) is -1.69. The van der Waals surface area contributed by atoms with Gasteiger partial charge in [-0.1, -0.05) is 0 Å². The van der Waals surface area contributed by atoms with Gasteiger partial charge in [0.2, 0.25) is 0 Å². The minimum Gasteiger partial charge on any atom is -0.481 e. The number of alkyl halides is 3. The van der Waals surface area contributed by atoms with Gasteiger partial charge in [-0.2, -0.15) is 13.2 Å². The average Bonchev–Trinajstić information content (AvgIpc) is 2.27. The lowest BCUT2D eigenvalue weighted by molar-refractivity contribution is -0.141. The highest BCUT2D eigenvalue weighted by atomic mass is 79.9. The van der Waals surface area contributed by atoms with Crippen LogP contribution in [0.15, 0.2) is 16.6 Å². The Morgan fingerprint density at radius 2 is 1.89 bits per heavy atom. The third-order valence-electron chi connectivity index (χ3n) is 2.20. The number of aromatic nitrogens is 1. The van der Waals surface area contributed by atoms with Gasteiger partial charge in [-0.25, -0.2) is 4.98 Å². The second-order valence-electron chi connectivity index (χ2n) is 3.70. The van der Waals surface area contributed by atoms with Gasteiger partial charge >= 0.3 is 12.1 Å². The summed E-state index contributed by atoms with van der Waals surface area (Å²) < 4.78 is 37.5. The van der Waals surface area contributed by atoms with Crippen LogP contribution in [0.5, 0.6) is 0 Å². The molecule has 0 bridgehead atoms. The molecule has 1 rings (SSSR count). The van der Waals surface area contributed by atoms with Crippen LogP contribution in [0.1, 0.15) is 35.4 Å². The van der Waals surface area contributed by atoms with Crippen LogP contribution in [0.2, 0.25) is 0 Å². The minimum absolute atomic E-state index is 0.0541. The topological polar surface area (TPSA) is 67.3 Å². The molecule has 19 heavy (non-hydrogen) atoms. The zero-order chi connectivity index (χ0) is 14.6. The molecule has 0 aromatic carbocycles. The quantitative estimate of drug-likeness (QED) is 0.836. The van der Waals surface area contributed by atoms with Gasteiger partial charge in [-0.05, 0) is 34.5 Å². The summed E-state index contributed by atoms with van der Waals surface area (Å²) in [4.78, 5) is 25.2. The van der Waals surface area contributed by atoms with Crippen LogP contribution in [0.4, 0.5) is 13.2 Å². The van der Waals surface area contributed by atoms with Gasteiger partial charge in [0.1, 0.15) is 11.4 Å². The van der Waals surface area contributed by atoms with E-state index in [9.17, 15) is 22.8 Å². The number of rotatable bonds is 5. The first-order valence-corrected chi connectivity index (χ1v) is 6.00. The Morgan fingerprint density at radius 3 is 2.42 bits per heavy atom. The second kappa shape index (κ2) is 6.14. The zero-order valence-electron chi connectivity index (χ0n) is 9.50. The van der Waals surface area contributed by atoms with E-state index in [-0.39, 0.29) is 29.4 Å². The first kappa shape index (κ1) is 15.6. The van der Waals surface area contributed by atoms with Crippen molar-refractivity contribution in [1.29, 1.82) is 0 Å². The molecule has 1 aromatic heterocycles. The maximum atomic E-state index is 12.5. The number of nitrogens with zero attached hydrogens (tertiary/aromatic N) is 1. The van der Waals surface area contributed by atoms with Crippen LogP contribution >= 0.6 is 15.9 Å². The molecule has 0 unspecified atom stereocenters. The molecule has 0 saturated heterocycles. The molecular weight excluding hydrogens is 331 g/mol. The van der Waals surface area contributed by atoms with Crippen molar-refractivity contribution in [2.75, 3.05) is 0 Å². The average molecular weight is 340 g/mol. The first-order valence-electron chi connectivity index (χ1n) is 5.20. The highest BCUT2D eigenvalue weighted by Gasteiger charge is 2.33. The SMILES string of the molecule is O=C(O)CCCC(=O)c1nc(C(F)(F)F)ccc1Br. The lowest BCUT2D eigenvalue weighted by atomic mass is 10.1. The predicted octanol–water partition coefficient (Wildman–Crippen LogP) is 3.30. The molecule has 1 N–H and O–H groups in total. The number of carboxylic acid groups (broad SMARTS) is 1. The smallest absolute Gasteiger partial charge is 0.433 e. The van der Waals surface area contributed by atoms with E-state index in [2.05, 4.69) is 20.9 Å². The highest BCUT2D eigenvalue weighted by molar-refractivity contribution is 9.10. The summed E-state index contributed by atoms with van der Waals surface area (Å²) in [5.41, 5.74) is -1.49. The van der Waals surface area contributed by atoms with Crippen LogP contribution in [0, 0.1) is 0 Å². The number of carbonyl (C=O) groups excluding carboxylic acids is 1. The molecule has 0 radical (unpaired) electrons. The van der Waals surface area contributed by atoms with E-state index in [4.69, 9.17) is 5.11 Å². The summed E-state index contributed by atoms with van der Waals surface area (Å²) in [6, 6.07) is 1.86. The number of halogens is 4. The van der Waals surface area contributed by atoms with Gasteiger partial charge in [-0.3, -0.25) is 9.59 Å². The number of carbonyl (C=O) groups is 2. The Hall–Kier alpha value is -1.44. The van der Waals surface area contributed by atoms with Crippen LogP contribution in [0.25, 0.3) is 0 Å². The monoisotopic (exact) mass is 339 g/mol. The maximum absolute atomic E-state index is 12.5. The molecule has 0 amide bonds. The van der Waals surface area contributed by atoms with Crippen LogP contribution in [-0.2, 0) is 11.0 Å². The van der Waals surface area contributed by atoms with Crippen molar-refractivity contribution < 1.29 is 27.9 Å². The van der Waals surface area contributed by atoms with E-state index < -0.39 is 23.6 Å². The number of pyridine rings is 1. The fourth-order valence-electron chi connectivity index (χ4n) is 1.31. The van der Waals surface area contributed by atoms with Crippen molar-refractivity contribution in [2.45, 2.75) is 25.4 Å². The van der Waals surface area contributed by atoms with Crippen LogP contribution in [0.3, 0.4) is 0 Å². The Labute approximate surface area is 114 Å². The predicted molar refractivity (Wildman–Crippen MR) is 62.8 cm³/mol.